The predicted octanol–water partition coefficient (Wildman–Crippen LogP) is 1.48. The summed E-state index contributed by atoms with van der Waals surface area (Å²) in [6, 6.07) is -0.537. The largest absolute Gasteiger partial charge is 0.477 e. The minimum Gasteiger partial charge on any atom is -0.477 e. The molecule has 2 heterocycles. The average Bonchev–Trinajstić information content (AvgIpc) is 2.80. The molecule has 0 saturated carbocycles. The molecule has 1 aromatic rings. The number of urea groups is 1. The topological polar surface area (TPSA) is 113 Å². The first-order valence-corrected chi connectivity index (χ1v) is 7.44. The molecule has 21 heavy (non-hydrogen) atoms. The van der Waals surface area contributed by atoms with Gasteiger partial charge in [0.1, 0.15) is 4.88 Å². The van der Waals surface area contributed by atoms with Gasteiger partial charge in [-0.15, -0.1) is 11.3 Å². The van der Waals surface area contributed by atoms with Crippen LogP contribution in [0.3, 0.4) is 0 Å². The SMILES string of the molecule is Cc1csc(C(=O)O)c1NC(=O)C1CCCN(C(N)=O)C1. The normalized spacial score (nSPS) is 18.3. The standard InChI is InChI=1S/C13H17N3O4S/c1-7-6-21-10(12(18)19)9(7)15-11(17)8-3-2-4-16(5-8)13(14)20/h6,8H,2-5H2,1H3,(H2,14,20)(H,15,17)(H,18,19). The van der Waals surface area contributed by atoms with Crippen LogP contribution in [-0.2, 0) is 4.79 Å². The number of aromatic carboxylic acids is 1. The fraction of sp³-hybridized carbons (Fsp3) is 0.462. The van der Waals surface area contributed by atoms with Crippen molar-refractivity contribution in [2.75, 3.05) is 18.4 Å². The molecule has 0 spiro atoms. The monoisotopic (exact) mass is 311 g/mol. The fourth-order valence-corrected chi connectivity index (χ4v) is 3.22. The third-order valence-electron chi connectivity index (χ3n) is 3.52. The number of rotatable bonds is 3. The van der Waals surface area contributed by atoms with E-state index in [0.29, 0.717) is 30.6 Å². The number of piperidine rings is 1. The molecule has 1 fully saturated rings. The number of primary amides is 1. The summed E-state index contributed by atoms with van der Waals surface area (Å²) in [5.41, 5.74) is 6.29. The van der Waals surface area contributed by atoms with Crippen LogP contribution in [0.4, 0.5) is 10.5 Å². The molecule has 0 radical (unpaired) electrons. The molecular weight excluding hydrogens is 294 g/mol. The molecule has 1 atom stereocenters. The van der Waals surface area contributed by atoms with E-state index in [4.69, 9.17) is 10.8 Å². The Bertz CT molecular complexity index is 584. The third-order valence-corrected chi connectivity index (χ3v) is 4.61. The summed E-state index contributed by atoms with van der Waals surface area (Å²) in [7, 11) is 0. The average molecular weight is 311 g/mol. The number of carboxylic acid groups (broad SMARTS) is 1. The number of hydrogen-bond donors (Lipinski definition) is 3. The Morgan fingerprint density at radius 2 is 2.19 bits per heavy atom. The summed E-state index contributed by atoms with van der Waals surface area (Å²) in [6.07, 6.45) is 1.36. The highest BCUT2D eigenvalue weighted by Crippen LogP contribution is 2.29. The lowest BCUT2D eigenvalue weighted by molar-refractivity contribution is -0.121. The van der Waals surface area contributed by atoms with Gasteiger partial charge in [-0.2, -0.15) is 0 Å². The highest BCUT2D eigenvalue weighted by atomic mass is 32.1. The lowest BCUT2D eigenvalue weighted by Crippen LogP contribution is -2.46. The van der Waals surface area contributed by atoms with Gasteiger partial charge in [0.15, 0.2) is 0 Å². The highest BCUT2D eigenvalue weighted by molar-refractivity contribution is 7.12. The van der Waals surface area contributed by atoms with Crippen molar-refractivity contribution < 1.29 is 19.5 Å². The minimum atomic E-state index is -1.06. The molecule has 4 N–H and O–H groups in total. The molecule has 114 valence electrons. The molecule has 2 rings (SSSR count). The summed E-state index contributed by atoms with van der Waals surface area (Å²) in [4.78, 5) is 36.1. The first kappa shape index (κ1) is 15.3. The van der Waals surface area contributed by atoms with E-state index in [1.807, 2.05) is 0 Å². The number of nitrogens with two attached hydrogens (primary N) is 1. The summed E-state index contributed by atoms with van der Waals surface area (Å²) < 4.78 is 0. The number of nitrogens with zero attached hydrogens (tertiary/aromatic N) is 1. The van der Waals surface area contributed by atoms with Gasteiger partial charge in [-0.25, -0.2) is 9.59 Å². The molecule has 7 nitrogen and oxygen atoms in total. The van der Waals surface area contributed by atoms with Crippen LogP contribution in [0.2, 0.25) is 0 Å². The first-order chi connectivity index (χ1) is 9.90. The van der Waals surface area contributed by atoms with Crippen LogP contribution in [0.15, 0.2) is 5.38 Å². The van der Waals surface area contributed by atoms with Gasteiger partial charge < -0.3 is 21.1 Å². The van der Waals surface area contributed by atoms with Gasteiger partial charge in [-0.1, -0.05) is 0 Å². The number of amides is 3. The molecule has 1 aromatic heterocycles. The summed E-state index contributed by atoms with van der Waals surface area (Å²) >= 11 is 1.08. The zero-order chi connectivity index (χ0) is 15.6. The molecule has 0 bridgehead atoms. The lowest BCUT2D eigenvalue weighted by atomic mass is 9.97. The third kappa shape index (κ3) is 3.33. The zero-order valence-corrected chi connectivity index (χ0v) is 12.4. The molecule has 3 amide bonds. The van der Waals surface area contributed by atoms with E-state index in [2.05, 4.69) is 5.32 Å². The number of aryl methyl sites for hydroxylation is 1. The van der Waals surface area contributed by atoms with E-state index >= 15 is 0 Å². The first-order valence-electron chi connectivity index (χ1n) is 6.56. The van der Waals surface area contributed by atoms with Crippen LogP contribution in [-0.4, -0.2) is 41.0 Å². The quantitative estimate of drug-likeness (QED) is 0.784. The molecule has 8 heteroatoms. The zero-order valence-electron chi connectivity index (χ0n) is 11.6. The van der Waals surface area contributed by atoms with Crippen molar-refractivity contribution in [3.8, 4) is 0 Å². The van der Waals surface area contributed by atoms with E-state index in [-0.39, 0.29) is 23.2 Å². The highest BCUT2D eigenvalue weighted by Gasteiger charge is 2.28. The van der Waals surface area contributed by atoms with Crippen LogP contribution in [0, 0.1) is 12.8 Å². The number of carbonyl (C=O) groups excluding carboxylic acids is 2. The summed E-state index contributed by atoms with van der Waals surface area (Å²) in [5, 5.41) is 13.5. The fourth-order valence-electron chi connectivity index (χ4n) is 2.37. The van der Waals surface area contributed by atoms with Gasteiger partial charge in [0.25, 0.3) is 0 Å². The van der Waals surface area contributed by atoms with Crippen molar-refractivity contribution in [3.05, 3.63) is 15.8 Å². The second-order valence-electron chi connectivity index (χ2n) is 5.04. The summed E-state index contributed by atoms with van der Waals surface area (Å²) in [6.45, 7) is 2.57. The molecule has 0 aliphatic carbocycles. The summed E-state index contributed by atoms with van der Waals surface area (Å²) in [5.74, 6) is -1.71. The van der Waals surface area contributed by atoms with Crippen LogP contribution in [0.25, 0.3) is 0 Å². The van der Waals surface area contributed by atoms with Gasteiger partial charge in [-0.3, -0.25) is 4.79 Å². The van der Waals surface area contributed by atoms with Crippen molar-refractivity contribution in [1.29, 1.82) is 0 Å². The number of carboxylic acids is 1. The number of hydrogen-bond acceptors (Lipinski definition) is 4. The Balaban J connectivity index is 2.09. The minimum absolute atomic E-state index is 0.114. The molecule has 1 aliphatic rings. The molecule has 1 saturated heterocycles. The lowest BCUT2D eigenvalue weighted by Gasteiger charge is -2.30. The molecular formula is C13H17N3O4S. The number of carbonyl (C=O) groups is 3. The molecule has 0 aromatic carbocycles. The Morgan fingerprint density at radius 1 is 1.48 bits per heavy atom. The van der Waals surface area contributed by atoms with Gasteiger partial charge in [0, 0.05) is 13.1 Å². The number of nitrogens with one attached hydrogen (secondary N) is 1. The maximum Gasteiger partial charge on any atom is 0.348 e. The van der Waals surface area contributed by atoms with E-state index in [1.165, 1.54) is 4.90 Å². The van der Waals surface area contributed by atoms with E-state index < -0.39 is 12.0 Å². The second kappa shape index (κ2) is 6.13. The van der Waals surface area contributed by atoms with Gasteiger partial charge in [-0.05, 0) is 30.7 Å². The van der Waals surface area contributed by atoms with Crippen LogP contribution in [0.1, 0.15) is 28.1 Å². The van der Waals surface area contributed by atoms with Gasteiger partial charge >= 0.3 is 12.0 Å². The van der Waals surface area contributed by atoms with Crippen LogP contribution < -0.4 is 11.1 Å². The Kier molecular flexibility index (Phi) is 4.46. The van der Waals surface area contributed by atoms with Crippen LogP contribution in [0.5, 0.6) is 0 Å². The van der Waals surface area contributed by atoms with E-state index in [0.717, 1.165) is 11.3 Å². The molecule has 1 aliphatic heterocycles. The van der Waals surface area contributed by atoms with Crippen molar-refractivity contribution in [2.24, 2.45) is 11.7 Å². The van der Waals surface area contributed by atoms with E-state index in [1.54, 1.807) is 12.3 Å². The number of thiophene rings is 1. The van der Waals surface area contributed by atoms with Gasteiger partial charge in [0.05, 0.1) is 11.6 Å². The Hall–Kier alpha value is -2.09. The smallest absolute Gasteiger partial charge is 0.348 e. The molecule has 1 unspecified atom stereocenters. The second-order valence-corrected chi connectivity index (χ2v) is 5.92. The van der Waals surface area contributed by atoms with Gasteiger partial charge in [0.2, 0.25) is 5.91 Å². The maximum atomic E-state index is 12.3. The Labute approximate surface area is 125 Å². The van der Waals surface area contributed by atoms with Crippen LogP contribution >= 0.6 is 11.3 Å². The number of likely N-dealkylation sites (tertiary alicyclic amines) is 1. The maximum absolute atomic E-state index is 12.3. The van der Waals surface area contributed by atoms with E-state index in [9.17, 15) is 14.4 Å². The van der Waals surface area contributed by atoms with Crippen molar-refractivity contribution in [1.82, 2.24) is 4.90 Å². The Morgan fingerprint density at radius 3 is 2.81 bits per heavy atom. The van der Waals surface area contributed by atoms with Crippen molar-refractivity contribution in [3.63, 3.8) is 0 Å². The van der Waals surface area contributed by atoms with Crippen molar-refractivity contribution in [2.45, 2.75) is 19.8 Å². The number of anilines is 1. The van der Waals surface area contributed by atoms with Crippen molar-refractivity contribution >= 4 is 34.9 Å². The predicted molar refractivity (Wildman–Crippen MR) is 78.5 cm³/mol.